The van der Waals surface area contributed by atoms with Gasteiger partial charge in [-0.1, -0.05) is 42.7 Å². The molecule has 37 heavy (non-hydrogen) atoms. The molecule has 0 bridgehead atoms. The Kier molecular flexibility index (Phi) is 7.70. The third-order valence-electron chi connectivity index (χ3n) is 7.58. The van der Waals surface area contributed by atoms with E-state index in [2.05, 4.69) is 20.2 Å². The number of pyridine rings is 1. The number of nitrogens with zero attached hydrogens (tertiary/aromatic N) is 3. The normalized spacial score (nSPS) is 24.3. The lowest BCUT2D eigenvalue weighted by molar-refractivity contribution is 0.0714. The van der Waals surface area contributed by atoms with Gasteiger partial charge in [0, 0.05) is 42.7 Å². The van der Waals surface area contributed by atoms with Crippen molar-refractivity contribution >= 4 is 34.1 Å². The van der Waals surface area contributed by atoms with Crippen molar-refractivity contribution in [2.24, 2.45) is 4.99 Å². The number of benzene rings is 1. The predicted molar refractivity (Wildman–Crippen MR) is 141 cm³/mol. The molecule has 0 radical (unpaired) electrons. The highest BCUT2D eigenvalue weighted by Gasteiger charge is 2.39. The third-order valence-corrected chi connectivity index (χ3v) is 7.84. The number of halogens is 3. The van der Waals surface area contributed by atoms with E-state index in [1.807, 2.05) is 0 Å². The standard InChI is InChI=1S/C28H31ClF2N4O2/c29-19-5-4-12-32-25(16-19)28(31)10-13-35(14-11-28)17-18-15-23(33-26-20(18)6-3-7-21(26)30)27(37)34-22-8-1-2-9-24(22)36/h3-4,6-7,12,15-16,22,24,36H,1-2,5,8-11,13-14,17H2,(H,34,37). The highest BCUT2D eigenvalue weighted by molar-refractivity contribution is 6.31. The number of para-hydroxylation sites is 1. The van der Waals surface area contributed by atoms with E-state index in [9.17, 15) is 14.3 Å². The van der Waals surface area contributed by atoms with Crippen LogP contribution in [0.15, 0.2) is 52.6 Å². The van der Waals surface area contributed by atoms with Crippen LogP contribution in [0.4, 0.5) is 8.78 Å². The number of nitrogens with one attached hydrogen (secondary N) is 1. The average molecular weight is 529 g/mol. The summed E-state index contributed by atoms with van der Waals surface area (Å²) in [6, 6.07) is 6.08. The van der Waals surface area contributed by atoms with Gasteiger partial charge in [-0.25, -0.2) is 13.8 Å². The number of likely N-dealkylation sites (tertiary alicyclic amines) is 1. The number of hydrogen-bond donors (Lipinski definition) is 2. The van der Waals surface area contributed by atoms with Crippen LogP contribution >= 0.6 is 11.6 Å². The van der Waals surface area contributed by atoms with Gasteiger partial charge in [0.15, 0.2) is 5.67 Å². The lowest BCUT2D eigenvalue weighted by Gasteiger charge is -2.36. The zero-order valence-electron chi connectivity index (χ0n) is 20.6. The molecule has 1 aromatic heterocycles. The first-order chi connectivity index (χ1) is 17.8. The fraction of sp³-hybridized carbons (Fsp3) is 0.464. The number of aliphatic imine (C=N–C) groups is 1. The minimum absolute atomic E-state index is 0.113. The first kappa shape index (κ1) is 25.9. The molecule has 1 saturated heterocycles. The number of aromatic nitrogens is 1. The molecule has 1 saturated carbocycles. The Bertz CT molecular complexity index is 1270. The summed E-state index contributed by atoms with van der Waals surface area (Å²) in [7, 11) is 0. The van der Waals surface area contributed by atoms with Crippen molar-refractivity contribution < 1.29 is 18.7 Å². The SMILES string of the molecule is O=C(NC1CCCCC1O)c1cc(CN2CCC(F)(C3=NC=CCC(Cl)=C3)CC2)c2cccc(F)c2n1. The van der Waals surface area contributed by atoms with Gasteiger partial charge in [-0.2, -0.15) is 0 Å². The lowest BCUT2D eigenvalue weighted by atomic mass is 9.87. The van der Waals surface area contributed by atoms with E-state index in [-0.39, 0.29) is 30.1 Å². The van der Waals surface area contributed by atoms with Crippen molar-refractivity contribution in [2.45, 2.75) is 69.3 Å². The van der Waals surface area contributed by atoms with Gasteiger partial charge >= 0.3 is 0 Å². The second-order valence-electron chi connectivity index (χ2n) is 10.2. The Labute approximate surface area is 220 Å². The maximum absolute atomic E-state index is 15.8. The molecule has 1 amide bonds. The molecule has 2 atom stereocenters. The minimum atomic E-state index is -1.57. The summed E-state index contributed by atoms with van der Waals surface area (Å²) >= 11 is 6.18. The van der Waals surface area contributed by atoms with Crippen LogP contribution in [-0.4, -0.2) is 57.5 Å². The number of piperidine rings is 1. The zero-order valence-corrected chi connectivity index (χ0v) is 21.4. The number of carbonyl (C=O) groups excluding carboxylic acids is 1. The van der Waals surface area contributed by atoms with Gasteiger partial charge < -0.3 is 10.4 Å². The highest BCUT2D eigenvalue weighted by Crippen LogP contribution is 2.32. The molecule has 2 unspecified atom stereocenters. The van der Waals surface area contributed by atoms with Gasteiger partial charge in [0.2, 0.25) is 0 Å². The quantitative estimate of drug-likeness (QED) is 0.559. The topological polar surface area (TPSA) is 77.8 Å². The van der Waals surface area contributed by atoms with Crippen LogP contribution in [0.25, 0.3) is 10.9 Å². The summed E-state index contributed by atoms with van der Waals surface area (Å²) in [5.74, 6) is -0.933. The van der Waals surface area contributed by atoms with E-state index < -0.39 is 23.5 Å². The van der Waals surface area contributed by atoms with Crippen LogP contribution in [0.5, 0.6) is 0 Å². The van der Waals surface area contributed by atoms with E-state index >= 15 is 4.39 Å². The summed E-state index contributed by atoms with van der Waals surface area (Å²) in [4.78, 5) is 23.8. The molecule has 2 N–H and O–H groups in total. The van der Waals surface area contributed by atoms with E-state index in [0.29, 0.717) is 55.0 Å². The monoisotopic (exact) mass is 528 g/mol. The van der Waals surface area contributed by atoms with Crippen LogP contribution in [-0.2, 0) is 6.54 Å². The number of rotatable bonds is 5. The first-order valence-corrected chi connectivity index (χ1v) is 13.3. The maximum Gasteiger partial charge on any atom is 0.270 e. The van der Waals surface area contributed by atoms with Gasteiger partial charge in [0.05, 0.1) is 17.9 Å². The molecule has 2 aliphatic heterocycles. The Morgan fingerprint density at radius 3 is 2.81 bits per heavy atom. The Hall–Kier alpha value is -2.68. The number of carbonyl (C=O) groups is 1. The Balaban J connectivity index is 1.35. The molecule has 2 aromatic rings. The van der Waals surface area contributed by atoms with Crippen molar-refractivity contribution in [3.8, 4) is 0 Å². The molecule has 196 valence electrons. The van der Waals surface area contributed by atoms with Gasteiger partial charge in [-0.05, 0) is 49.5 Å². The van der Waals surface area contributed by atoms with Crippen molar-refractivity contribution in [1.29, 1.82) is 0 Å². The van der Waals surface area contributed by atoms with E-state index in [1.54, 1.807) is 36.6 Å². The minimum Gasteiger partial charge on any atom is -0.391 e. The van der Waals surface area contributed by atoms with Gasteiger partial charge in [0.1, 0.15) is 17.0 Å². The predicted octanol–water partition coefficient (Wildman–Crippen LogP) is 5.19. The summed E-state index contributed by atoms with van der Waals surface area (Å²) in [6.07, 6.45) is 8.70. The average Bonchev–Trinajstić information content (AvgIpc) is 3.12. The van der Waals surface area contributed by atoms with E-state index in [4.69, 9.17) is 11.6 Å². The maximum atomic E-state index is 15.8. The Morgan fingerprint density at radius 1 is 1.24 bits per heavy atom. The molecule has 5 rings (SSSR count). The largest absolute Gasteiger partial charge is 0.391 e. The smallest absolute Gasteiger partial charge is 0.270 e. The molecule has 1 aromatic carbocycles. The van der Waals surface area contributed by atoms with Crippen LogP contribution < -0.4 is 5.32 Å². The summed E-state index contributed by atoms with van der Waals surface area (Å²) in [6.45, 7) is 1.37. The molecular weight excluding hydrogens is 498 g/mol. The number of allylic oxidation sites excluding steroid dienone is 3. The Morgan fingerprint density at radius 2 is 2.03 bits per heavy atom. The van der Waals surface area contributed by atoms with Crippen LogP contribution in [0.3, 0.4) is 0 Å². The van der Waals surface area contributed by atoms with Crippen LogP contribution in [0.2, 0.25) is 0 Å². The van der Waals surface area contributed by atoms with Crippen molar-refractivity contribution in [3.63, 3.8) is 0 Å². The second kappa shape index (κ2) is 11.0. The fourth-order valence-electron chi connectivity index (χ4n) is 5.40. The molecule has 3 heterocycles. The molecule has 6 nitrogen and oxygen atoms in total. The molecular formula is C28H31ClF2N4O2. The number of fused-ring (bicyclic) bond motifs is 1. The van der Waals surface area contributed by atoms with Crippen LogP contribution in [0, 0.1) is 5.82 Å². The summed E-state index contributed by atoms with van der Waals surface area (Å²) in [5, 5.41) is 14.3. The molecule has 9 heteroatoms. The molecule has 2 fully saturated rings. The van der Waals surface area contributed by atoms with Crippen LogP contribution in [0.1, 0.15) is 61.0 Å². The van der Waals surface area contributed by atoms with Gasteiger partial charge in [-0.3, -0.25) is 14.7 Å². The van der Waals surface area contributed by atoms with Gasteiger partial charge in [0.25, 0.3) is 5.91 Å². The molecule has 1 aliphatic carbocycles. The van der Waals surface area contributed by atoms with Gasteiger partial charge in [-0.15, -0.1) is 0 Å². The number of aliphatic hydroxyl groups is 1. The second-order valence-corrected chi connectivity index (χ2v) is 10.7. The number of amides is 1. The number of alkyl halides is 1. The molecule has 3 aliphatic rings. The fourth-order valence-corrected chi connectivity index (χ4v) is 5.60. The zero-order chi connectivity index (χ0) is 26.0. The number of aliphatic hydroxyl groups excluding tert-OH is 1. The molecule has 0 spiro atoms. The summed E-state index contributed by atoms with van der Waals surface area (Å²) in [5.41, 5.74) is -0.217. The van der Waals surface area contributed by atoms with Crippen molar-refractivity contribution in [3.05, 3.63) is 64.7 Å². The number of hydrogen-bond acceptors (Lipinski definition) is 5. The highest BCUT2D eigenvalue weighted by atomic mass is 35.5. The van der Waals surface area contributed by atoms with E-state index in [1.165, 1.54) is 6.07 Å². The van der Waals surface area contributed by atoms with E-state index in [0.717, 1.165) is 18.4 Å². The third kappa shape index (κ3) is 5.76. The van der Waals surface area contributed by atoms with Crippen molar-refractivity contribution in [1.82, 2.24) is 15.2 Å². The lowest BCUT2D eigenvalue weighted by Crippen LogP contribution is -2.46. The van der Waals surface area contributed by atoms with Crippen molar-refractivity contribution in [2.75, 3.05) is 13.1 Å². The first-order valence-electron chi connectivity index (χ1n) is 12.9. The summed E-state index contributed by atoms with van der Waals surface area (Å²) < 4.78 is 30.6.